The maximum Gasteiger partial charge on any atom is 0.326 e. The van der Waals surface area contributed by atoms with Crippen LogP contribution >= 0.6 is 0 Å². The molecule has 138 valence electrons. The van der Waals surface area contributed by atoms with Crippen LogP contribution in [0.25, 0.3) is 10.9 Å². The third-order valence-corrected chi connectivity index (χ3v) is 3.49. The van der Waals surface area contributed by atoms with Crippen LogP contribution in [0.4, 0.5) is 0 Å². The zero-order valence-corrected chi connectivity index (χ0v) is 15.0. The van der Waals surface area contributed by atoms with Gasteiger partial charge in [0.2, 0.25) is 0 Å². The van der Waals surface area contributed by atoms with Crippen LogP contribution in [0.5, 0.6) is 0 Å². The average Bonchev–Trinajstić information content (AvgIpc) is 2.56. The van der Waals surface area contributed by atoms with Crippen molar-refractivity contribution >= 4 is 28.7 Å². The Morgan fingerprint density at radius 1 is 1.15 bits per heavy atom. The number of aromatic nitrogens is 1. The molecule has 1 amide bonds. The summed E-state index contributed by atoms with van der Waals surface area (Å²) in [7, 11) is 0. The van der Waals surface area contributed by atoms with Crippen molar-refractivity contribution in [3.63, 3.8) is 0 Å². The number of pyridine rings is 1. The number of fused-ring (bicyclic) bond motifs is 1. The van der Waals surface area contributed by atoms with Crippen LogP contribution < -0.4 is 5.32 Å². The van der Waals surface area contributed by atoms with Crippen LogP contribution in [0.3, 0.4) is 0 Å². The fourth-order valence-electron chi connectivity index (χ4n) is 2.34. The molecule has 0 saturated carbocycles. The van der Waals surface area contributed by atoms with Gasteiger partial charge in [0.1, 0.15) is 17.3 Å². The highest BCUT2D eigenvalue weighted by Crippen LogP contribution is 2.13. The lowest BCUT2D eigenvalue weighted by atomic mass is 10.1. The Bertz CT molecular complexity index is 826. The Hall–Kier alpha value is -2.96. The topological polar surface area (TPSA) is 106 Å². The minimum absolute atomic E-state index is 0.0659. The number of carbonyl (C=O) groups is 3. The molecular formula is C19H22N2O5. The number of benzene rings is 1. The molecule has 0 spiro atoms. The molecule has 0 aliphatic rings. The van der Waals surface area contributed by atoms with E-state index in [1.807, 2.05) is 12.1 Å². The maximum atomic E-state index is 12.3. The van der Waals surface area contributed by atoms with Gasteiger partial charge >= 0.3 is 11.9 Å². The molecular weight excluding hydrogens is 336 g/mol. The van der Waals surface area contributed by atoms with Gasteiger partial charge in [-0.2, -0.15) is 0 Å². The van der Waals surface area contributed by atoms with Crippen molar-refractivity contribution < 1.29 is 24.2 Å². The summed E-state index contributed by atoms with van der Waals surface area (Å²) in [5, 5.41) is 12.6. The molecule has 0 aliphatic heterocycles. The van der Waals surface area contributed by atoms with Crippen molar-refractivity contribution in [1.82, 2.24) is 10.3 Å². The summed E-state index contributed by atoms with van der Waals surface area (Å²) in [4.78, 5) is 39.7. The second-order valence-corrected chi connectivity index (χ2v) is 6.88. The number of ether oxygens (including phenoxy) is 1. The van der Waals surface area contributed by atoms with Crippen molar-refractivity contribution in [1.29, 1.82) is 0 Å². The van der Waals surface area contributed by atoms with Gasteiger partial charge < -0.3 is 15.2 Å². The Kier molecular flexibility index (Phi) is 5.92. The molecule has 0 saturated heterocycles. The molecule has 1 heterocycles. The molecule has 0 aliphatic carbocycles. The molecule has 1 aromatic carbocycles. The first kappa shape index (κ1) is 19.4. The van der Waals surface area contributed by atoms with Crippen LogP contribution in [0.2, 0.25) is 0 Å². The first-order chi connectivity index (χ1) is 12.2. The van der Waals surface area contributed by atoms with Gasteiger partial charge in [-0.15, -0.1) is 0 Å². The number of para-hydroxylation sites is 1. The highest BCUT2D eigenvalue weighted by Gasteiger charge is 2.24. The third kappa shape index (κ3) is 5.54. The molecule has 26 heavy (non-hydrogen) atoms. The summed E-state index contributed by atoms with van der Waals surface area (Å²) in [5.41, 5.74) is 0.113. The standard InChI is InChI=1S/C19H22N2O5/c1-19(2,3)26-16(22)11-10-15(18(24)25)21-17(23)14-9-8-12-6-4-5-7-13(12)20-14/h4-9,15H,10-11H2,1-3H3,(H,21,23)(H,24,25)/t15-/m0/s1. The lowest BCUT2D eigenvalue weighted by Crippen LogP contribution is -2.41. The first-order valence-corrected chi connectivity index (χ1v) is 8.27. The Morgan fingerprint density at radius 2 is 1.85 bits per heavy atom. The number of rotatable bonds is 6. The van der Waals surface area contributed by atoms with E-state index in [0.717, 1.165) is 5.39 Å². The van der Waals surface area contributed by atoms with Crippen LogP contribution in [-0.2, 0) is 14.3 Å². The van der Waals surface area contributed by atoms with Crippen LogP contribution in [0.15, 0.2) is 36.4 Å². The van der Waals surface area contributed by atoms with Crippen molar-refractivity contribution in [2.24, 2.45) is 0 Å². The minimum Gasteiger partial charge on any atom is -0.480 e. The third-order valence-electron chi connectivity index (χ3n) is 3.49. The van der Waals surface area contributed by atoms with Gasteiger partial charge in [0, 0.05) is 11.8 Å². The summed E-state index contributed by atoms with van der Waals surface area (Å²) >= 11 is 0. The van der Waals surface area contributed by atoms with Gasteiger partial charge in [-0.3, -0.25) is 9.59 Å². The largest absolute Gasteiger partial charge is 0.480 e. The van der Waals surface area contributed by atoms with Crippen LogP contribution in [0.1, 0.15) is 44.1 Å². The van der Waals surface area contributed by atoms with Crippen molar-refractivity contribution in [2.45, 2.75) is 45.3 Å². The average molecular weight is 358 g/mol. The molecule has 0 radical (unpaired) electrons. The number of carbonyl (C=O) groups excluding carboxylic acids is 2. The van der Waals surface area contributed by atoms with Crippen molar-refractivity contribution in [3.8, 4) is 0 Å². The van der Waals surface area contributed by atoms with Crippen molar-refractivity contribution in [3.05, 3.63) is 42.1 Å². The van der Waals surface area contributed by atoms with E-state index >= 15 is 0 Å². The smallest absolute Gasteiger partial charge is 0.326 e. The van der Waals surface area contributed by atoms with Crippen molar-refractivity contribution in [2.75, 3.05) is 0 Å². The minimum atomic E-state index is -1.22. The van der Waals surface area contributed by atoms with E-state index in [9.17, 15) is 19.5 Å². The van der Waals surface area contributed by atoms with E-state index in [1.165, 1.54) is 6.07 Å². The van der Waals surface area contributed by atoms with E-state index in [4.69, 9.17) is 4.74 Å². The van der Waals surface area contributed by atoms with E-state index in [0.29, 0.717) is 5.52 Å². The quantitative estimate of drug-likeness (QED) is 0.769. The molecule has 7 nitrogen and oxygen atoms in total. The number of nitrogens with one attached hydrogen (secondary N) is 1. The normalized spacial score (nSPS) is 12.4. The molecule has 7 heteroatoms. The Labute approximate surface area is 151 Å². The van der Waals surface area contributed by atoms with Gasteiger partial charge in [-0.25, -0.2) is 9.78 Å². The van der Waals surface area contributed by atoms with Crippen LogP contribution in [-0.4, -0.2) is 39.6 Å². The number of carboxylic acids is 1. The number of aliphatic carboxylic acids is 1. The number of nitrogens with zero attached hydrogens (tertiary/aromatic N) is 1. The van der Waals surface area contributed by atoms with Crippen LogP contribution in [0, 0.1) is 0 Å². The number of carboxylic acid groups (broad SMARTS) is 1. The molecule has 0 fully saturated rings. The summed E-state index contributed by atoms with van der Waals surface area (Å²) in [6, 6.07) is 9.37. The molecule has 2 aromatic rings. The first-order valence-electron chi connectivity index (χ1n) is 8.27. The van der Waals surface area contributed by atoms with Gasteiger partial charge in [0.15, 0.2) is 0 Å². The number of esters is 1. The summed E-state index contributed by atoms with van der Waals surface area (Å²) < 4.78 is 5.15. The summed E-state index contributed by atoms with van der Waals surface area (Å²) in [5.74, 6) is -2.34. The molecule has 2 rings (SSSR count). The SMILES string of the molecule is CC(C)(C)OC(=O)CC[C@H](NC(=O)c1ccc2ccccc2n1)C(=O)O. The summed E-state index contributed by atoms with van der Waals surface area (Å²) in [6.07, 6.45) is -0.177. The van der Waals surface area contributed by atoms with E-state index in [1.54, 1.807) is 39.0 Å². The van der Waals surface area contributed by atoms with E-state index in [-0.39, 0.29) is 18.5 Å². The molecule has 2 N–H and O–H groups in total. The second kappa shape index (κ2) is 7.95. The zero-order chi connectivity index (χ0) is 19.3. The van der Waals surface area contributed by atoms with Gasteiger partial charge in [-0.05, 0) is 39.3 Å². The summed E-state index contributed by atoms with van der Waals surface area (Å²) in [6.45, 7) is 5.19. The molecule has 1 atom stereocenters. The molecule has 0 bridgehead atoms. The fraction of sp³-hybridized carbons (Fsp3) is 0.368. The van der Waals surface area contributed by atoms with E-state index < -0.39 is 29.5 Å². The van der Waals surface area contributed by atoms with E-state index in [2.05, 4.69) is 10.3 Å². The second-order valence-electron chi connectivity index (χ2n) is 6.88. The Balaban J connectivity index is 2.02. The van der Waals surface area contributed by atoms with Gasteiger partial charge in [0.25, 0.3) is 5.91 Å². The Morgan fingerprint density at radius 3 is 2.50 bits per heavy atom. The van der Waals surface area contributed by atoms with Gasteiger partial charge in [-0.1, -0.05) is 24.3 Å². The number of amides is 1. The highest BCUT2D eigenvalue weighted by atomic mass is 16.6. The fourth-order valence-corrected chi connectivity index (χ4v) is 2.34. The predicted molar refractivity (Wildman–Crippen MR) is 95.7 cm³/mol. The maximum absolute atomic E-state index is 12.3. The van der Waals surface area contributed by atoms with Gasteiger partial charge in [0.05, 0.1) is 5.52 Å². The monoisotopic (exact) mass is 358 g/mol. The number of hydrogen-bond acceptors (Lipinski definition) is 5. The molecule has 0 unspecified atom stereocenters. The predicted octanol–water partition coefficient (Wildman–Crippen LogP) is 2.54. The zero-order valence-electron chi connectivity index (χ0n) is 15.0. The molecule has 1 aromatic heterocycles. The lowest BCUT2D eigenvalue weighted by Gasteiger charge is -2.20. The highest BCUT2D eigenvalue weighted by molar-refractivity contribution is 5.97. The lowest BCUT2D eigenvalue weighted by molar-refractivity contribution is -0.155. The number of hydrogen-bond donors (Lipinski definition) is 2.